The number of hydrogen-bond acceptors (Lipinski definition) is 10. The van der Waals surface area contributed by atoms with E-state index in [4.69, 9.17) is 16.1 Å². The van der Waals surface area contributed by atoms with Gasteiger partial charge in [0.2, 0.25) is 0 Å². The van der Waals surface area contributed by atoms with E-state index < -0.39 is 21.7 Å². The van der Waals surface area contributed by atoms with Crippen LogP contribution in [0.1, 0.15) is 26.9 Å². The summed E-state index contributed by atoms with van der Waals surface area (Å²) < 4.78 is 6.05. The van der Waals surface area contributed by atoms with Gasteiger partial charge in [0.05, 0.1) is 32.9 Å². The van der Waals surface area contributed by atoms with E-state index in [1.165, 1.54) is 23.0 Å². The lowest BCUT2D eigenvalue weighted by Crippen LogP contribution is -2.35. The Morgan fingerprint density at radius 3 is 2.44 bits per heavy atom. The maximum atomic E-state index is 12.1. The van der Waals surface area contributed by atoms with Crippen LogP contribution in [0.15, 0.2) is 35.0 Å². The van der Waals surface area contributed by atoms with Crippen LogP contribution in [0.2, 0.25) is 5.02 Å². The highest BCUT2D eigenvalue weighted by atomic mass is 35.5. The summed E-state index contributed by atoms with van der Waals surface area (Å²) >= 11 is 5.89. The van der Waals surface area contributed by atoms with Crippen LogP contribution < -0.4 is 10.6 Å². The first kappa shape index (κ1) is 22.3. The molecule has 15 nitrogen and oxygen atoms in total. The number of aromatic nitrogens is 4. The van der Waals surface area contributed by atoms with Gasteiger partial charge in [-0.3, -0.25) is 19.7 Å². The van der Waals surface area contributed by atoms with E-state index in [0.29, 0.717) is 0 Å². The molecule has 0 unspecified atom stereocenters. The van der Waals surface area contributed by atoms with Crippen molar-refractivity contribution in [1.29, 1.82) is 0 Å². The smallest absolute Gasteiger partial charge is 0.358 e. The summed E-state index contributed by atoms with van der Waals surface area (Å²) in [4.78, 5) is 48.1. The predicted molar refractivity (Wildman–Crippen MR) is 105 cm³/mol. The van der Waals surface area contributed by atoms with Crippen molar-refractivity contribution in [2.45, 2.75) is 6.54 Å². The molecule has 0 saturated carbocycles. The van der Waals surface area contributed by atoms with Gasteiger partial charge in [-0.1, -0.05) is 16.8 Å². The highest BCUT2D eigenvalue weighted by Gasteiger charge is 2.18. The fourth-order valence-corrected chi connectivity index (χ4v) is 2.68. The minimum atomic E-state index is -0.696. The van der Waals surface area contributed by atoms with Crippen molar-refractivity contribution in [2.24, 2.45) is 0 Å². The summed E-state index contributed by atoms with van der Waals surface area (Å²) in [5.74, 6) is -1.88. The molecular weight excluding hydrogens is 452 g/mol. The molecule has 2 aromatic heterocycles. The number of non-ortho nitro benzene ring substituents is 1. The van der Waals surface area contributed by atoms with Gasteiger partial charge < -0.3 is 25.3 Å². The van der Waals surface area contributed by atoms with Gasteiger partial charge in [-0.15, -0.1) is 0 Å². The van der Waals surface area contributed by atoms with E-state index in [2.05, 4.69) is 25.9 Å². The third kappa shape index (κ3) is 5.39. The Bertz CT molecular complexity index is 1190. The number of nitro groups is 2. The summed E-state index contributed by atoms with van der Waals surface area (Å²) in [6.45, 7) is -0.00918. The van der Waals surface area contributed by atoms with Crippen LogP contribution in [-0.2, 0) is 6.54 Å². The highest BCUT2D eigenvalue weighted by molar-refractivity contribution is 6.34. The van der Waals surface area contributed by atoms with E-state index in [1.807, 2.05) is 0 Å². The van der Waals surface area contributed by atoms with Crippen LogP contribution >= 0.6 is 11.6 Å². The molecule has 0 atom stereocenters. The molecule has 1 aromatic carbocycles. The number of benzene rings is 1. The standard InChI is InChI=1S/C16H13ClN8O7/c17-11-7-9(24(28)29)1-2-10(11)14(26)18-4-5-19-15(27)16-20-12(22-32-16)8-23-6-3-13(21-23)25(30)31/h1-3,6-7H,4-5,8H2,(H,18,26)(H,19,27). The molecule has 3 aromatic rings. The van der Waals surface area contributed by atoms with E-state index in [1.54, 1.807) is 0 Å². The third-order valence-corrected chi connectivity index (χ3v) is 4.20. The summed E-state index contributed by atoms with van der Waals surface area (Å²) in [7, 11) is 0. The maximum Gasteiger partial charge on any atom is 0.389 e. The zero-order valence-corrected chi connectivity index (χ0v) is 16.7. The average molecular weight is 465 g/mol. The minimum absolute atomic E-state index is 0.0121. The topological polar surface area (TPSA) is 201 Å². The van der Waals surface area contributed by atoms with Gasteiger partial charge in [-0.05, 0) is 11.0 Å². The molecule has 16 heteroatoms. The molecule has 0 fully saturated rings. The van der Waals surface area contributed by atoms with E-state index in [9.17, 15) is 29.8 Å². The largest absolute Gasteiger partial charge is 0.389 e. The normalized spacial score (nSPS) is 10.5. The summed E-state index contributed by atoms with van der Waals surface area (Å²) in [6, 6.07) is 4.64. The summed E-state index contributed by atoms with van der Waals surface area (Å²) in [6.07, 6.45) is 1.36. The Balaban J connectivity index is 1.46. The molecule has 2 heterocycles. The number of halogens is 1. The number of carbonyl (C=O) groups is 2. The van der Waals surface area contributed by atoms with Gasteiger partial charge in [0, 0.05) is 25.2 Å². The quantitative estimate of drug-likeness (QED) is 0.260. The SMILES string of the molecule is O=C(NCCNC(=O)c1ccc([N+](=O)[O-])cc1Cl)c1nc(Cn2ccc([N+](=O)[O-])n2)no1. The molecule has 166 valence electrons. The van der Waals surface area contributed by atoms with Crippen LogP contribution in [0.3, 0.4) is 0 Å². The van der Waals surface area contributed by atoms with E-state index >= 15 is 0 Å². The molecule has 0 aliphatic carbocycles. The Kier molecular flexibility index (Phi) is 6.69. The monoisotopic (exact) mass is 464 g/mol. The van der Waals surface area contributed by atoms with Gasteiger partial charge in [0.1, 0.15) is 6.54 Å². The number of hydrogen-bond donors (Lipinski definition) is 2. The Hall–Kier alpha value is -4.40. The Morgan fingerprint density at radius 2 is 1.81 bits per heavy atom. The molecular formula is C16H13ClN8O7. The van der Waals surface area contributed by atoms with Crippen LogP contribution in [0.25, 0.3) is 0 Å². The fourth-order valence-electron chi connectivity index (χ4n) is 2.42. The number of nitro benzene ring substituents is 1. The van der Waals surface area contributed by atoms with Gasteiger partial charge in [-0.2, -0.15) is 9.67 Å². The van der Waals surface area contributed by atoms with Crippen LogP contribution in [0, 0.1) is 20.2 Å². The molecule has 0 radical (unpaired) electrons. The van der Waals surface area contributed by atoms with Crippen molar-refractivity contribution < 1.29 is 24.0 Å². The molecule has 0 bridgehead atoms. The molecule has 0 aliphatic rings. The first-order valence-corrected chi connectivity index (χ1v) is 9.13. The third-order valence-electron chi connectivity index (χ3n) is 3.88. The Labute approximate surface area is 182 Å². The lowest BCUT2D eigenvalue weighted by atomic mass is 10.2. The molecule has 32 heavy (non-hydrogen) atoms. The number of nitrogens with zero attached hydrogens (tertiary/aromatic N) is 6. The number of nitrogens with one attached hydrogen (secondary N) is 2. The van der Waals surface area contributed by atoms with Gasteiger partial charge in [-0.25, -0.2) is 0 Å². The highest BCUT2D eigenvalue weighted by Crippen LogP contribution is 2.22. The lowest BCUT2D eigenvalue weighted by Gasteiger charge is -2.07. The number of amides is 2. The number of carbonyl (C=O) groups excluding carboxylic acids is 2. The van der Waals surface area contributed by atoms with Crippen molar-refractivity contribution >= 4 is 34.9 Å². The molecule has 0 aliphatic heterocycles. The van der Waals surface area contributed by atoms with Crippen molar-refractivity contribution in [3.8, 4) is 0 Å². The molecule has 0 spiro atoms. The average Bonchev–Trinajstić information content (AvgIpc) is 3.41. The fraction of sp³-hybridized carbons (Fsp3) is 0.188. The minimum Gasteiger partial charge on any atom is -0.358 e. The second-order valence-corrected chi connectivity index (χ2v) is 6.48. The van der Waals surface area contributed by atoms with Gasteiger partial charge >= 0.3 is 17.6 Å². The van der Waals surface area contributed by atoms with Crippen molar-refractivity contribution in [3.63, 3.8) is 0 Å². The molecule has 3 rings (SSSR count). The lowest BCUT2D eigenvalue weighted by molar-refractivity contribution is -0.389. The Morgan fingerprint density at radius 1 is 1.09 bits per heavy atom. The van der Waals surface area contributed by atoms with E-state index in [0.717, 1.165) is 12.1 Å². The van der Waals surface area contributed by atoms with Crippen molar-refractivity contribution in [2.75, 3.05) is 13.1 Å². The summed E-state index contributed by atoms with van der Waals surface area (Å²) in [5.41, 5.74) is -0.201. The zero-order valence-electron chi connectivity index (χ0n) is 15.9. The first-order chi connectivity index (χ1) is 15.2. The van der Waals surface area contributed by atoms with Crippen molar-refractivity contribution in [1.82, 2.24) is 30.6 Å². The van der Waals surface area contributed by atoms with Crippen LogP contribution in [0.5, 0.6) is 0 Å². The van der Waals surface area contributed by atoms with E-state index in [-0.39, 0.29) is 53.4 Å². The first-order valence-electron chi connectivity index (χ1n) is 8.75. The molecule has 0 saturated heterocycles. The van der Waals surface area contributed by atoms with Gasteiger partial charge in [0.25, 0.3) is 11.6 Å². The maximum absolute atomic E-state index is 12.1. The number of rotatable bonds is 9. The van der Waals surface area contributed by atoms with Crippen molar-refractivity contribution in [3.05, 3.63) is 73.0 Å². The molecule has 2 N–H and O–H groups in total. The zero-order chi connectivity index (χ0) is 23.3. The van der Waals surface area contributed by atoms with Crippen LogP contribution in [-0.4, -0.2) is 54.7 Å². The van der Waals surface area contributed by atoms with Crippen LogP contribution in [0.4, 0.5) is 11.5 Å². The second kappa shape index (κ2) is 9.61. The summed E-state index contributed by atoms with van der Waals surface area (Å²) in [5, 5.41) is 33.5. The predicted octanol–water partition coefficient (Wildman–Crippen LogP) is 0.944. The molecule has 2 amide bonds. The van der Waals surface area contributed by atoms with Gasteiger partial charge in [0.15, 0.2) is 5.82 Å². The second-order valence-electron chi connectivity index (χ2n) is 6.08.